The van der Waals surface area contributed by atoms with Gasteiger partial charge < -0.3 is 9.84 Å². The lowest BCUT2D eigenvalue weighted by Gasteiger charge is -2.50. The van der Waals surface area contributed by atoms with Gasteiger partial charge in [-0.3, -0.25) is 9.59 Å². The molecule has 3 aliphatic carbocycles. The van der Waals surface area contributed by atoms with E-state index in [0.717, 1.165) is 38.5 Å². The Morgan fingerprint density at radius 1 is 1.33 bits per heavy atom. The van der Waals surface area contributed by atoms with Gasteiger partial charge in [-0.05, 0) is 85.5 Å². The average molecular weight is 370 g/mol. The number of benzene rings is 1. The minimum absolute atomic E-state index is 0.157. The Hall–Kier alpha value is -1.84. The molecule has 3 unspecified atom stereocenters. The van der Waals surface area contributed by atoms with E-state index in [1.807, 2.05) is 12.1 Å². The zero-order valence-corrected chi connectivity index (χ0v) is 16.4. The maximum absolute atomic E-state index is 12.9. The van der Waals surface area contributed by atoms with Gasteiger partial charge in [0.15, 0.2) is 0 Å². The molecule has 2 fully saturated rings. The van der Waals surface area contributed by atoms with Crippen LogP contribution in [0.2, 0.25) is 0 Å². The molecule has 0 heterocycles. The number of carbonyl (C=O) groups is 2. The maximum atomic E-state index is 12.9. The van der Waals surface area contributed by atoms with E-state index in [-0.39, 0.29) is 11.4 Å². The molecule has 0 bridgehead atoms. The van der Waals surface area contributed by atoms with Gasteiger partial charge in [-0.25, -0.2) is 0 Å². The average Bonchev–Trinajstić information content (AvgIpc) is 2.91. The number of methoxy groups -OCH3 is 1. The van der Waals surface area contributed by atoms with Gasteiger partial charge in [0.25, 0.3) is 0 Å². The smallest absolute Gasteiger partial charge is 0.305 e. The van der Waals surface area contributed by atoms with E-state index < -0.39 is 0 Å². The van der Waals surface area contributed by atoms with Crippen LogP contribution in [0.5, 0.6) is 5.75 Å². The second kappa shape index (κ2) is 6.96. The van der Waals surface area contributed by atoms with Crippen LogP contribution in [-0.2, 0) is 20.7 Å². The molecule has 2 saturated carbocycles. The van der Waals surface area contributed by atoms with Gasteiger partial charge in [0.05, 0.1) is 7.11 Å². The van der Waals surface area contributed by atoms with E-state index in [9.17, 15) is 14.7 Å². The molecule has 0 radical (unpaired) electrons. The molecule has 0 amide bonds. The summed E-state index contributed by atoms with van der Waals surface area (Å²) in [7, 11) is 1.43. The van der Waals surface area contributed by atoms with E-state index in [2.05, 4.69) is 13.0 Å². The molecule has 0 aliphatic heterocycles. The van der Waals surface area contributed by atoms with Gasteiger partial charge in [-0.2, -0.15) is 0 Å². The van der Waals surface area contributed by atoms with Crippen molar-refractivity contribution in [3.8, 4) is 5.75 Å². The van der Waals surface area contributed by atoms with E-state index in [0.29, 0.717) is 48.0 Å². The third kappa shape index (κ3) is 3.07. The van der Waals surface area contributed by atoms with E-state index in [1.165, 1.54) is 18.2 Å². The summed E-state index contributed by atoms with van der Waals surface area (Å²) < 4.78 is 4.77. The van der Waals surface area contributed by atoms with Crippen LogP contribution in [-0.4, -0.2) is 24.0 Å². The zero-order chi connectivity index (χ0) is 19.2. The first kappa shape index (κ1) is 18.5. The highest BCUT2D eigenvalue weighted by Gasteiger charge is 2.58. The quantitative estimate of drug-likeness (QED) is 0.799. The number of aromatic hydroxyl groups is 1. The second-order valence-corrected chi connectivity index (χ2v) is 9.03. The van der Waals surface area contributed by atoms with Crippen molar-refractivity contribution in [3.63, 3.8) is 0 Å². The minimum Gasteiger partial charge on any atom is -0.508 e. The maximum Gasteiger partial charge on any atom is 0.305 e. The van der Waals surface area contributed by atoms with E-state index in [1.54, 1.807) is 0 Å². The summed E-state index contributed by atoms with van der Waals surface area (Å²) in [5.41, 5.74) is 2.48. The summed E-state index contributed by atoms with van der Waals surface area (Å²) >= 11 is 0. The number of phenolic OH excluding ortho intramolecular Hbond substituents is 1. The number of hydrogen-bond donors (Lipinski definition) is 1. The largest absolute Gasteiger partial charge is 0.508 e. The summed E-state index contributed by atoms with van der Waals surface area (Å²) in [6, 6.07) is 5.84. The molecule has 4 nitrogen and oxygen atoms in total. The third-order valence-electron chi connectivity index (χ3n) is 7.74. The van der Waals surface area contributed by atoms with Crippen molar-refractivity contribution in [2.24, 2.45) is 23.2 Å². The van der Waals surface area contributed by atoms with Gasteiger partial charge in [0, 0.05) is 18.3 Å². The number of carbonyl (C=O) groups excluding carboxylic acids is 2. The number of hydrogen-bond acceptors (Lipinski definition) is 4. The summed E-state index contributed by atoms with van der Waals surface area (Å²) in [5, 5.41) is 9.83. The molecule has 3 aliphatic rings. The minimum atomic E-state index is -0.189. The van der Waals surface area contributed by atoms with Gasteiger partial charge in [0.1, 0.15) is 11.5 Å². The number of aryl methyl sites for hydroxylation is 1. The van der Waals surface area contributed by atoms with Crippen molar-refractivity contribution in [1.29, 1.82) is 0 Å². The lowest BCUT2D eigenvalue weighted by Crippen LogP contribution is -2.44. The Morgan fingerprint density at radius 2 is 2.15 bits per heavy atom. The van der Waals surface area contributed by atoms with Crippen LogP contribution in [0, 0.1) is 23.2 Å². The first-order chi connectivity index (χ1) is 12.9. The van der Waals surface area contributed by atoms with Crippen molar-refractivity contribution in [3.05, 3.63) is 29.3 Å². The predicted octanol–water partition coefficient (Wildman–Crippen LogP) is 4.39. The number of rotatable bonds is 4. The number of esters is 1. The molecule has 0 aromatic heterocycles. The lowest BCUT2D eigenvalue weighted by molar-refractivity contribution is -0.140. The third-order valence-corrected chi connectivity index (χ3v) is 7.74. The summed E-state index contributed by atoms with van der Waals surface area (Å²) in [4.78, 5) is 24.4. The lowest BCUT2D eigenvalue weighted by atomic mass is 9.54. The van der Waals surface area contributed by atoms with Crippen LogP contribution < -0.4 is 0 Å². The molecule has 1 N–H and O–H groups in total. The molecule has 146 valence electrons. The normalized spacial score (nSPS) is 34.5. The molecule has 1 aromatic carbocycles. The zero-order valence-electron chi connectivity index (χ0n) is 16.4. The molecule has 1 aromatic rings. The fourth-order valence-electron chi connectivity index (χ4n) is 6.50. The molecule has 4 rings (SSSR count). The first-order valence-corrected chi connectivity index (χ1v) is 10.4. The van der Waals surface area contributed by atoms with Crippen LogP contribution in [0.15, 0.2) is 18.2 Å². The Balaban J connectivity index is 1.58. The SMILES string of the molecule is COC(=O)CCC[C@@H]1CC(=O)[C@@]2(C)CCC3c4ccc(O)cc4CCC3C12. The Labute approximate surface area is 161 Å². The highest BCUT2D eigenvalue weighted by Crippen LogP contribution is 2.62. The number of Topliss-reactive ketones (excluding diaryl/α,β-unsaturated/α-hetero) is 1. The van der Waals surface area contributed by atoms with Crippen LogP contribution >= 0.6 is 0 Å². The van der Waals surface area contributed by atoms with Gasteiger partial charge in [-0.1, -0.05) is 13.0 Å². The van der Waals surface area contributed by atoms with Gasteiger partial charge in [0.2, 0.25) is 0 Å². The topological polar surface area (TPSA) is 63.6 Å². The Morgan fingerprint density at radius 3 is 2.93 bits per heavy atom. The molecule has 0 spiro atoms. The van der Waals surface area contributed by atoms with Crippen molar-refractivity contribution in [2.45, 2.75) is 64.2 Å². The van der Waals surface area contributed by atoms with E-state index >= 15 is 0 Å². The Kier molecular flexibility index (Phi) is 4.77. The first-order valence-electron chi connectivity index (χ1n) is 10.4. The van der Waals surface area contributed by atoms with E-state index in [4.69, 9.17) is 4.74 Å². The molecule has 4 heteroatoms. The van der Waals surface area contributed by atoms with Crippen LogP contribution in [0.3, 0.4) is 0 Å². The molecular weight excluding hydrogens is 340 g/mol. The van der Waals surface area contributed by atoms with Crippen molar-refractivity contribution >= 4 is 11.8 Å². The number of phenols is 1. The number of fused-ring (bicyclic) bond motifs is 5. The monoisotopic (exact) mass is 370 g/mol. The molecule has 5 atom stereocenters. The number of ketones is 1. The fourth-order valence-corrected chi connectivity index (χ4v) is 6.50. The predicted molar refractivity (Wildman–Crippen MR) is 102 cm³/mol. The summed E-state index contributed by atoms with van der Waals surface area (Å²) in [5.74, 6) is 2.48. The Bertz CT molecular complexity index is 755. The molecular formula is C23H30O4. The summed E-state index contributed by atoms with van der Waals surface area (Å²) in [6.45, 7) is 2.20. The number of ether oxygens (including phenoxy) is 1. The van der Waals surface area contributed by atoms with Crippen molar-refractivity contribution < 1.29 is 19.4 Å². The second-order valence-electron chi connectivity index (χ2n) is 9.03. The highest BCUT2D eigenvalue weighted by atomic mass is 16.5. The van der Waals surface area contributed by atoms with Crippen LogP contribution in [0.25, 0.3) is 0 Å². The standard InChI is InChI=1S/C23H30O4/c1-23-11-10-18-17-9-7-16(24)12-14(17)6-8-19(18)22(23)15(13-20(23)25)4-3-5-21(26)27-2/h7,9,12,15,18-19,22,24H,3-6,8,10-11,13H2,1-2H3/t15-,18?,19?,22?,23-/m1/s1. The molecule has 27 heavy (non-hydrogen) atoms. The summed E-state index contributed by atoms with van der Waals surface area (Å²) in [6.07, 6.45) is 6.98. The van der Waals surface area contributed by atoms with Crippen LogP contribution in [0.1, 0.15) is 68.9 Å². The van der Waals surface area contributed by atoms with Crippen LogP contribution in [0.4, 0.5) is 0 Å². The van der Waals surface area contributed by atoms with Gasteiger partial charge in [-0.15, -0.1) is 0 Å². The highest BCUT2D eigenvalue weighted by molar-refractivity contribution is 5.87. The fraction of sp³-hybridized carbons (Fsp3) is 0.652. The van der Waals surface area contributed by atoms with Crippen molar-refractivity contribution in [2.75, 3.05) is 7.11 Å². The molecule has 0 saturated heterocycles. The van der Waals surface area contributed by atoms with Crippen molar-refractivity contribution in [1.82, 2.24) is 0 Å². The van der Waals surface area contributed by atoms with Gasteiger partial charge >= 0.3 is 5.97 Å².